The molecule has 7 heteroatoms. The van der Waals surface area contributed by atoms with Gasteiger partial charge in [0, 0.05) is 48.8 Å². The van der Waals surface area contributed by atoms with Gasteiger partial charge in [0.1, 0.15) is 0 Å². The average molecular weight is 432 g/mol. The van der Waals surface area contributed by atoms with E-state index in [0.717, 1.165) is 46.7 Å². The van der Waals surface area contributed by atoms with Gasteiger partial charge in [-0.2, -0.15) is 5.10 Å². The summed E-state index contributed by atoms with van der Waals surface area (Å²) in [6, 6.07) is 15.2. The monoisotopic (exact) mass is 431 g/mol. The van der Waals surface area contributed by atoms with E-state index in [0.29, 0.717) is 6.54 Å². The van der Waals surface area contributed by atoms with Crippen molar-refractivity contribution in [1.82, 2.24) is 19.7 Å². The van der Waals surface area contributed by atoms with Gasteiger partial charge in [-0.15, -0.1) is 0 Å². The highest BCUT2D eigenvalue weighted by Gasteiger charge is 2.26. The SMILES string of the molecule is C/C(N)=C1\c2ccc(-c3cnn(C)c3)cc2C(Nc2cccc(CN(C)C)c2)CCN1N. The molecule has 3 aromatic rings. The van der Waals surface area contributed by atoms with Crippen LogP contribution in [-0.2, 0) is 13.6 Å². The number of nitrogens with zero attached hydrogens (tertiary/aromatic N) is 4. The number of aromatic nitrogens is 2. The van der Waals surface area contributed by atoms with Crippen molar-refractivity contribution in [2.75, 3.05) is 26.0 Å². The molecule has 0 spiro atoms. The highest BCUT2D eigenvalue weighted by molar-refractivity contribution is 5.75. The van der Waals surface area contributed by atoms with Gasteiger partial charge in [0.05, 0.1) is 17.9 Å². The summed E-state index contributed by atoms with van der Waals surface area (Å²) in [6.45, 7) is 3.51. The summed E-state index contributed by atoms with van der Waals surface area (Å²) in [5.41, 5.74) is 14.7. The Hall–Kier alpha value is -3.29. The molecule has 0 amide bonds. The number of allylic oxidation sites excluding steroid dienone is 1. The van der Waals surface area contributed by atoms with Crippen LogP contribution < -0.4 is 16.9 Å². The van der Waals surface area contributed by atoms with Gasteiger partial charge in [-0.25, -0.2) is 5.84 Å². The summed E-state index contributed by atoms with van der Waals surface area (Å²) in [6.07, 6.45) is 4.78. The fourth-order valence-electron chi connectivity index (χ4n) is 4.42. The maximum Gasteiger partial charge on any atom is 0.0777 e. The van der Waals surface area contributed by atoms with Gasteiger partial charge < -0.3 is 21.0 Å². The summed E-state index contributed by atoms with van der Waals surface area (Å²) in [5.74, 6) is 6.43. The van der Waals surface area contributed by atoms with E-state index < -0.39 is 0 Å². The predicted octanol–water partition coefficient (Wildman–Crippen LogP) is 3.53. The Labute approximate surface area is 190 Å². The average Bonchev–Trinajstić information content (AvgIpc) is 3.11. The van der Waals surface area contributed by atoms with Crippen molar-refractivity contribution in [3.63, 3.8) is 0 Å². The van der Waals surface area contributed by atoms with E-state index >= 15 is 0 Å². The van der Waals surface area contributed by atoms with Crippen LogP contribution in [0, 0.1) is 0 Å². The second kappa shape index (κ2) is 9.06. The van der Waals surface area contributed by atoms with E-state index in [2.05, 4.69) is 71.9 Å². The summed E-state index contributed by atoms with van der Waals surface area (Å²) >= 11 is 0. The molecule has 1 unspecified atom stereocenters. The summed E-state index contributed by atoms with van der Waals surface area (Å²) < 4.78 is 1.82. The minimum Gasteiger partial charge on any atom is -0.401 e. The van der Waals surface area contributed by atoms with Gasteiger partial charge >= 0.3 is 0 Å². The molecule has 2 heterocycles. The molecule has 0 aliphatic carbocycles. The number of anilines is 1. The lowest BCUT2D eigenvalue weighted by Crippen LogP contribution is -2.31. The Morgan fingerprint density at radius 3 is 2.69 bits per heavy atom. The topological polar surface area (TPSA) is 88.4 Å². The molecule has 0 radical (unpaired) electrons. The normalized spacial score (nSPS) is 17.8. The summed E-state index contributed by atoms with van der Waals surface area (Å²) in [7, 11) is 6.10. The van der Waals surface area contributed by atoms with Crippen molar-refractivity contribution >= 4 is 11.4 Å². The minimum atomic E-state index is 0.0964. The Morgan fingerprint density at radius 1 is 1.19 bits per heavy atom. The van der Waals surface area contributed by atoms with E-state index in [9.17, 15) is 0 Å². The number of benzene rings is 2. The number of fused-ring (bicyclic) bond motifs is 1. The first kappa shape index (κ1) is 21.9. The van der Waals surface area contributed by atoms with Crippen LogP contribution in [0.4, 0.5) is 5.69 Å². The van der Waals surface area contributed by atoms with Gasteiger partial charge in [0.2, 0.25) is 0 Å². The maximum absolute atomic E-state index is 6.43. The van der Waals surface area contributed by atoms with E-state index in [1.165, 1.54) is 11.1 Å². The lowest BCUT2D eigenvalue weighted by atomic mass is 9.93. The quantitative estimate of drug-likeness (QED) is 0.536. The zero-order valence-corrected chi connectivity index (χ0v) is 19.3. The molecule has 0 saturated heterocycles. The third-order valence-electron chi connectivity index (χ3n) is 5.81. The van der Waals surface area contributed by atoms with Crippen LogP contribution in [0.1, 0.15) is 36.1 Å². The highest BCUT2D eigenvalue weighted by atomic mass is 15.4. The van der Waals surface area contributed by atoms with E-state index in [-0.39, 0.29) is 6.04 Å². The molecule has 1 aliphatic rings. The molecule has 5 N–H and O–H groups in total. The Kier molecular flexibility index (Phi) is 6.21. The lowest BCUT2D eigenvalue weighted by Gasteiger charge is -2.22. The molecular weight excluding hydrogens is 398 g/mol. The number of rotatable bonds is 5. The summed E-state index contributed by atoms with van der Waals surface area (Å²) in [5, 5.41) is 9.89. The van der Waals surface area contributed by atoms with E-state index in [1.807, 2.05) is 31.0 Å². The van der Waals surface area contributed by atoms with Crippen LogP contribution in [0.3, 0.4) is 0 Å². The van der Waals surface area contributed by atoms with Crippen molar-refractivity contribution < 1.29 is 0 Å². The molecule has 4 rings (SSSR count). The van der Waals surface area contributed by atoms with Gasteiger partial charge in [-0.1, -0.05) is 24.3 Å². The third-order valence-corrected chi connectivity index (χ3v) is 5.81. The van der Waals surface area contributed by atoms with Crippen LogP contribution in [0.25, 0.3) is 16.8 Å². The minimum absolute atomic E-state index is 0.0964. The highest BCUT2D eigenvalue weighted by Crippen LogP contribution is 2.37. The first-order valence-electron chi connectivity index (χ1n) is 10.9. The van der Waals surface area contributed by atoms with Crippen molar-refractivity contribution in [3.05, 3.63) is 77.2 Å². The number of hydrogen-bond acceptors (Lipinski definition) is 6. The molecule has 0 bridgehead atoms. The van der Waals surface area contributed by atoms with Crippen LogP contribution in [0.5, 0.6) is 0 Å². The fraction of sp³-hybridized carbons (Fsp3) is 0.320. The van der Waals surface area contributed by atoms with Gasteiger partial charge in [-0.05, 0) is 62.3 Å². The molecule has 32 heavy (non-hydrogen) atoms. The number of nitrogens with one attached hydrogen (secondary N) is 1. The molecule has 0 saturated carbocycles. The van der Waals surface area contributed by atoms with Crippen LogP contribution >= 0.6 is 0 Å². The second-order valence-corrected chi connectivity index (χ2v) is 8.85. The predicted molar refractivity (Wildman–Crippen MR) is 131 cm³/mol. The Bertz CT molecular complexity index is 1120. The van der Waals surface area contributed by atoms with Crippen molar-refractivity contribution in [3.8, 4) is 11.1 Å². The number of hydrogen-bond donors (Lipinski definition) is 3. The molecule has 1 aromatic heterocycles. The van der Waals surface area contributed by atoms with Crippen molar-refractivity contribution in [2.24, 2.45) is 18.6 Å². The van der Waals surface area contributed by atoms with Gasteiger partial charge in [0.25, 0.3) is 0 Å². The first-order valence-corrected chi connectivity index (χ1v) is 10.9. The van der Waals surface area contributed by atoms with Gasteiger partial charge in [-0.3, -0.25) is 4.68 Å². The van der Waals surface area contributed by atoms with Gasteiger partial charge in [0.15, 0.2) is 0 Å². The zero-order valence-electron chi connectivity index (χ0n) is 19.3. The second-order valence-electron chi connectivity index (χ2n) is 8.85. The van der Waals surface area contributed by atoms with Crippen LogP contribution in [-0.4, -0.2) is 40.3 Å². The fourth-order valence-corrected chi connectivity index (χ4v) is 4.42. The van der Waals surface area contributed by atoms with E-state index in [1.54, 1.807) is 5.01 Å². The van der Waals surface area contributed by atoms with Crippen molar-refractivity contribution in [2.45, 2.75) is 25.9 Å². The number of nitrogens with two attached hydrogens (primary N) is 2. The maximum atomic E-state index is 6.43. The number of aryl methyl sites for hydroxylation is 1. The molecule has 7 nitrogen and oxygen atoms in total. The Balaban J connectivity index is 1.77. The van der Waals surface area contributed by atoms with Crippen LogP contribution in [0.15, 0.2) is 60.6 Å². The summed E-state index contributed by atoms with van der Waals surface area (Å²) in [4.78, 5) is 2.17. The first-order chi connectivity index (χ1) is 15.3. The van der Waals surface area contributed by atoms with E-state index in [4.69, 9.17) is 11.6 Å². The Morgan fingerprint density at radius 2 is 2.00 bits per heavy atom. The lowest BCUT2D eigenvalue weighted by molar-refractivity contribution is 0.401. The molecule has 168 valence electrons. The molecule has 1 atom stereocenters. The zero-order chi connectivity index (χ0) is 22.8. The largest absolute Gasteiger partial charge is 0.401 e. The standard InChI is InChI=1S/C25H33N7/c1-17(26)25-22-9-8-19(20-14-28-31(4)16-20)13-23(22)24(10-11-32(25)27)29-21-7-5-6-18(12-21)15-30(2)3/h5-9,12-14,16,24,29H,10-11,15,26-27H2,1-4H3/b25-17-. The smallest absolute Gasteiger partial charge is 0.0777 e. The number of hydrazine groups is 1. The third kappa shape index (κ3) is 4.64. The molecular formula is C25H33N7. The van der Waals surface area contributed by atoms with Crippen molar-refractivity contribution in [1.29, 1.82) is 0 Å². The molecule has 1 aliphatic heterocycles. The molecule has 2 aromatic carbocycles. The molecule has 0 fully saturated rings. The van der Waals surface area contributed by atoms with Crippen LogP contribution in [0.2, 0.25) is 0 Å².